The van der Waals surface area contributed by atoms with Gasteiger partial charge in [-0.1, -0.05) is 20.8 Å². The standard InChI is InChI=1S/C18H26N4O/c1-18(2,3)17(23)13-7-8-14-15(11-13)19-12-16(20-14)22(6)10-9-21(4)5/h7-8,11-12H,9-10H2,1-6H3. The fraction of sp³-hybridized carbons (Fsp3) is 0.500. The van der Waals surface area contributed by atoms with Gasteiger partial charge in [-0.3, -0.25) is 9.78 Å². The van der Waals surface area contributed by atoms with Crippen molar-refractivity contribution in [1.82, 2.24) is 14.9 Å². The fourth-order valence-corrected chi connectivity index (χ4v) is 2.22. The van der Waals surface area contributed by atoms with Gasteiger partial charge in [0.2, 0.25) is 0 Å². The number of hydrogen-bond donors (Lipinski definition) is 0. The van der Waals surface area contributed by atoms with Crippen LogP contribution in [0.15, 0.2) is 24.4 Å². The SMILES string of the molecule is CN(C)CCN(C)c1cnc2cc(C(=O)C(C)(C)C)ccc2n1. The molecule has 0 atom stereocenters. The number of ketones is 1. The molecule has 0 aliphatic rings. The number of nitrogens with zero attached hydrogens (tertiary/aromatic N) is 4. The maximum absolute atomic E-state index is 12.4. The molecule has 0 radical (unpaired) electrons. The molecular weight excluding hydrogens is 288 g/mol. The molecule has 0 N–H and O–H groups in total. The van der Waals surface area contributed by atoms with E-state index in [0.29, 0.717) is 5.56 Å². The van der Waals surface area contributed by atoms with Gasteiger partial charge in [0, 0.05) is 31.1 Å². The second-order valence-electron chi connectivity index (χ2n) is 7.24. The Morgan fingerprint density at radius 2 is 1.78 bits per heavy atom. The van der Waals surface area contributed by atoms with Gasteiger partial charge in [-0.05, 0) is 32.3 Å². The first-order valence-corrected chi connectivity index (χ1v) is 7.86. The number of rotatable bonds is 5. The molecule has 0 unspecified atom stereocenters. The van der Waals surface area contributed by atoms with Crippen molar-refractivity contribution in [1.29, 1.82) is 0 Å². The van der Waals surface area contributed by atoms with Gasteiger partial charge < -0.3 is 9.80 Å². The molecule has 0 fully saturated rings. The third-order valence-electron chi connectivity index (χ3n) is 3.75. The third kappa shape index (κ3) is 4.26. The first-order chi connectivity index (χ1) is 10.7. The van der Waals surface area contributed by atoms with Crippen molar-refractivity contribution in [3.05, 3.63) is 30.0 Å². The highest BCUT2D eigenvalue weighted by Crippen LogP contribution is 2.23. The lowest BCUT2D eigenvalue weighted by Gasteiger charge is -2.20. The zero-order valence-corrected chi connectivity index (χ0v) is 14.9. The number of aromatic nitrogens is 2. The highest BCUT2D eigenvalue weighted by atomic mass is 16.1. The Balaban J connectivity index is 2.27. The number of likely N-dealkylation sites (N-methyl/N-ethyl adjacent to an activating group) is 2. The number of fused-ring (bicyclic) bond motifs is 1. The molecule has 2 aromatic rings. The number of carbonyl (C=O) groups is 1. The molecule has 0 aliphatic carbocycles. The summed E-state index contributed by atoms with van der Waals surface area (Å²) < 4.78 is 0. The molecule has 23 heavy (non-hydrogen) atoms. The van der Waals surface area contributed by atoms with E-state index in [1.54, 1.807) is 6.20 Å². The van der Waals surface area contributed by atoms with Gasteiger partial charge in [-0.25, -0.2) is 4.98 Å². The molecule has 5 nitrogen and oxygen atoms in total. The van der Waals surface area contributed by atoms with E-state index in [0.717, 1.165) is 29.9 Å². The average molecular weight is 314 g/mol. The monoisotopic (exact) mass is 314 g/mol. The van der Waals surface area contributed by atoms with Crippen LogP contribution in [0.25, 0.3) is 11.0 Å². The van der Waals surface area contributed by atoms with Crippen molar-refractivity contribution >= 4 is 22.6 Å². The largest absolute Gasteiger partial charge is 0.357 e. The normalized spacial score (nSPS) is 12.0. The van der Waals surface area contributed by atoms with Crippen LogP contribution in [0.1, 0.15) is 31.1 Å². The van der Waals surface area contributed by atoms with E-state index in [1.807, 2.05) is 60.1 Å². The molecule has 1 heterocycles. The number of carbonyl (C=O) groups excluding carboxylic acids is 1. The number of hydrogen-bond acceptors (Lipinski definition) is 5. The van der Waals surface area contributed by atoms with Crippen molar-refractivity contribution in [2.24, 2.45) is 5.41 Å². The molecule has 0 amide bonds. The highest BCUT2D eigenvalue weighted by molar-refractivity contribution is 6.02. The molecule has 1 aromatic carbocycles. The van der Waals surface area contributed by atoms with Crippen LogP contribution in [0.2, 0.25) is 0 Å². The Bertz CT molecular complexity index is 704. The Labute approximate surface area is 138 Å². The van der Waals surface area contributed by atoms with Crippen LogP contribution < -0.4 is 4.90 Å². The van der Waals surface area contributed by atoms with Crippen molar-refractivity contribution in [2.75, 3.05) is 39.1 Å². The van der Waals surface area contributed by atoms with E-state index < -0.39 is 5.41 Å². The summed E-state index contributed by atoms with van der Waals surface area (Å²) in [7, 11) is 6.11. The number of anilines is 1. The molecule has 1 aromatic heterocycles. The van der Waals surface area contributed by atoms with Crippen molar-refractivity contribution in [3.63, 3.8) is 0 Å². The minimum Gasteiger partial charge on any atom is -0.357 e. The molecule has 0 saturated carbocycles. The van der Waals surface area contributed by atoms with Crippen molar-refractivity contribution < 1.29 is 4.79 Å². The lowest BCUT2D eigenvalue weighted by molar-refractivity contribution is 0.0858. The Morgan fingerprint density at radius 3 is 2.39 bits per heavy atom. The summed E-state index contributed by atoms with van der Waals surface area (Å²) in [5.41, 5.74) is 1.86. The van der Waals surface area contributed by atoms with Crippen LogP contribution >= 0.6 is 0 Å². The predicted octanol–water partition coefficient (Wildman–Crippen LogP) is 2.86. The van der Waals surface area contributed by atoms with Crippen LogP contribution in [0, 0.1) is 5.41 Å². The summed E-state index contributed by atoms with van der Waals surface area (Å²) in [6.45, 7) is 7.61. The fourth-order valence-electron chi connectivity index (χ4n) is 2.22. The second-order valence-corrected chi connectivity index (χ2v) is 7.24. The molecule has 0 saturated heterocycles. The number of Topliss-reactive ketones (excluding diaryl/α,β-unsaturated/α-hetero) is 1. The van der Waals surface area contributed by atoms with Gasteiger partial charge in [0.05, 0.1) is 17.2 Å². The minimum absolute atomic E-state index is 0.119. The van der Waals surface area contributed by atoms with Crippen LogP contribution in [0.3, 0.4) is 0 Å². The quantitative estimate of drug-likeness (QED) is 0.794. The zero-order chi connectivity index (χ0) is 17.2. The summed E-state index contributed by atoms with van der Waals surface area (Å²) in [5.74, 6) is 0.961. The van der Waals surface area contributed by atoms with Gasteiger partial charge in [0.1, 0.15) is 5.82 Å². The van der Waals surface area contributed by atoms with Crippen LogP contribution in [-0.2, 0) is 0 Å². The van der Waals surface area contributed by atoms with Gasteiger partial charge >= 0.3 is 0 Å². The predicted molar refractivity (Wildman–Crippen MR) is 95.1 cm³/mol. The van der Waals surface area contributed by atoms with Gasteiger partial charge in [0.15, 0.2) is 5.78 Å². The summed E-state index contributed by atoms with van der Waals surface area (Å²) in [5, 5.41) is 0. The summed E-state index contributed by atoms with van der Waals surface area (Å²) in [6, 6.07) is 5.55. The first kappa shape index (κ1) is 17.3. The van der Waals surface area contributed by atoms with Gasteiger partial charge in [-0.15, -0.1) is 0 Å². The lowest BCUT2D eigenvalue weighted by Crippen LogP contribution is -2.29. The van der Waals surface area contributed by atoms with Gasteiger partial charge in [-0.2, -0.15) is 0 Å². The van der Waals surface area contributed by atoms with E-state index in [-0.39, 0.29) is 5.78 Å². The molecule has 5 heteroatoms. The summed E-state index contributed by atoms with van der Waals surface area (Å²) in [6.07, 6.45) is 1.77. The number of benzene rings is 1. The highest BCUT2D eigenvalue weighted by Gasteiger charge is 2.23. The zero-order valence-electron chi connectivity index (χ0n) is 14.9. The summed E-state index contributed by atoms with van der Waals surface area (Å²) >= 11 is 0. The molecule has 124 valence electrons. The van der Waals surface area contributed by atoms with E-state index >= 15 is 0 Å². The second kappa shape index (κ2) is 6.62. The molecule has 2 rings (SSSR count). The first-order valence-electron chi connectivity index (χ1n) is 7.86. The van der Waals surface area contributed by atoms with Crippen molar-refractivity contribution in [3.8, 4) is 0 Å². The smallest absolute Gasteiger partial charge is 0.168 e. The van der Waals surface area contributed by atoms with E-state index in [1.165, 1.54) is 0 Å². The molecular formula is C18H26N4O. The van der Waals surface area contributed by atoms with E-state index in [2.05, 4.69) is 19.8 Å². The maximum atomic E-state index is 12.4. The average Bonchev–Trinajstić information content (AvgIpc) is 2.49. The van der Waals surface area contributed by atoms with E-state index in [9.17, 15) is 4.79 Å². The molecule has 0 bridgehead atoms. The lowest BCUT2D eigenvalue weighted by atomic mass is 9.86. The van der Waals surface area contributed by atoms with Gasteiger partial charge in [0.25, 0.3) is 0 Å². The topological polar surface area (TPSA) is 49.3 Å². The Hall–Kier alpha value is -2.01. The maximum Gasteiger partial charge on any atom is 0.168 e. The minimum atomic E-state index is -0.395. The summed E-state index contributed by atoms with van der Waals surface area (Å²) in [4.78, 5) is 25.7. The third-order valence-corrected chi connectivity index (χ3v) is 3.75. The Kier molecular flexibility index (Phi) is 5.00. The van der Waals surface area contributed by atoms with Crippen LogP contribution in [0.4, 0.5) is 5.82 Å². The molecule has 0 spiro atoms. The molecule has 0 aliphatic heterocycles. The van der Waals surface area contributed by atoms with Crippen LogP contribution in [0.5, 0.6) is 0 Å². The van der Waals surface area contributed by atoms with Crippen molar-refractivity contribution in [2.45, 2.75) is 20.8 Å². The van der Waals surface area contributed by atoms with Crippen LogP contribution in [-0.4, -0.2) is 54.9 Å². The Morgan fingerprint density at radius 1 is 1.09 bits per heavy atom. The van der Waals surface area contributed by atoms with E-state index in [4.69, 9.17) is 0 Å².